The van der Waals surface area contributed by atoms with Gasteiger partial charge in [0.2, 0.25) is 0 Å². The van der Waals surface area contributed by atoms with E-state index in [9.17, 15) is 0 Å². The quantitative estimate of drug-likeness (QED) is 0.217. The Morgan fingerprint density at radius 1 is 0.286 bits per heavy atom. The Bertz CT molecular complexity index is 1250. The van der Waals surface area contributed by atoms with E-state index < -0.39 is 0 Å². The Kier molecular flexibility index (Phi) is 7.98. The molecule has 0 amide bonds. The van der Waals surface area contributed by atoms with E-state index in [4.69, 9.17) is 28.4 Å². The first-order valence-corrected chi connectivity index (χ1v) is 14.9. The summed E-state index contributed by atoms with van der Waals surface area (Å²) < 4.78 is 38.0. The number of hydrogen-bond acceptors (Lipinski definition) is 6. The molecule has 4 aromatic rings. The summed E-state index contributed by atoms with van der Waals surface area (Å²) >= 11 is 0. The Hall–Kier alpha value is -4.00. The van der Waals surface area contributed by atoms with Crippen molar-refractivity contribution in [3.8, 4) is 23.0 Å². The van der Waals surface area contributed by atoms with Crippen molar-refractivity contribution in [3.05, 3.63) is 117 Å². The lowest BCUT2D eigenvalue weighted by Crippen LogP contribution is -2.17. The van der Waals surface area contributed by atoms with Gasteiger partial charge in [-0.05, 0) is 44.5 Å². The molecule has 0 fully saturated rings. The zero-order valence-electron chi connectivity index (χ0n) is 23.9. The molecule has 0 N–H and O–H groups in total. The molecule has 5 aliphatic rings. The first-order valence-electron chi connectivity index (χ1n) is 14.9. The number of benzene rings is 4. The highest BCUT2D eigenvalue weighted by molar-refractivity contribution is 5.56. The van der Waals surface area contributed by atoms with Gasteiger partial charge in [-0.25, -0.2) is 0 Å². The minimum Gasteiger partial charge on any atom is -0.491 e. The standard InChI is InChI=1S/C36H36O6/c1-5-25-21-27-7-2-9-29-23-31-11-4-12-32-24-30-10-3-8-28(35(30)41-19-15-38-14-18-40-34(27)29)22-26(6-1)33(25)39-17-13-37-16-20-42-36(31)32/h1-12H,13-24H2. The summed E-state index contributed by atoms with van der Waals surface area (Å²) in [6.45, 7) is 3.76. The fraction of sp³-hybridized carbons (Fsp3) is 0.333. The second-order valence-electron chi connectivity index (χ2n) is 10.9. The summed E-state index contributed by atoms with van der Waals surface area (Å²) in [5, 5.41) is 0. The van der Waals surface area contributed by atoms with Gasteiger partial charge in [-0.3, -0.25) is 0 Å². The van der Waals surface area contributed by atoms with Gasteiger partial charge in [0.15, 0.2) is 0 Å². The van der Waals surface area contributed by atoms with Crippen LogP contribution in [0.1, 0.15) is 44.5 Å². The van der Waals surface area contributed by atoms with Gasteiger partial charge in [-0.1, -0.05) is 72.8 Å². The summed E-state index contributed by atoms with van der Waals surface area (Å²) in [6, 6.07) is 25.9. The van der Waals surface area contributed by atoms with Crippen LogP contribution in [0, 0.1) is 0 Å². The maximum absolute atomic E-state index is 6.53. The highest BCUT2D eigenvalue weighted by atomic mass is 16.6. The molecule has 0 unspecified atom stereocenters. The van der Waals surface area contributed by atoms with Crippen LogP contribution in [0.25, 0.3) is 0 Å². The molecule has 0 saturated heterocycles. The van der Waals surface area contributed by atoms with E-state index in [-0.39, 0.29) is 0 Å². The first kappa shape index (κ1) is 26.9. The largest absolute Gasteiger partial charge is 0.491 e. The van der Waals surface area contributed by atoms with Gasteiger partial charge in [0.05, 0.1) is 26.4 Å². The lowest BCUT2D eigenvalue weighted by molar-refractivity contribution is 0.0744. The minimum absolute atomic E-state index is 0.454. The van der Waals surface area contributed by atoms with E-state index in [2.05, 4.69) is 72.8 Å². The van der Waals surface area contributed by atoms with E-state index >= 15 is 0 Å². The predicted octanol–water partition coefficient (Wildman–Crippen LogP) is 5.94. The minimum atomic E-state index is 0.454. The molecular weight excluding hydrogens is 528 g/mol. The summed E-state index contributed by atoms with van der Waals surface area (Å²) in [5.41, 5.74) is 9.01. The Balaban J connectivity index is 1.51. The van der Waals surface area contributed by atoms with Crippen LogP contribution in [0.2, 0.25) is 0 Å². The molecule has 4 heterocycles. The van der Waals surface area contributed by atoms with Gasteiger partial charge in [0, 0.05) is 25.7 Å². The molecule has 216 valence electrons. The monoisotopic (exact) mass is 564 g/mol. The second kappa shape index (κ2) is 12.5. The molecule has 6 heteroatoms. The average Bonchev–Trinajstić information content (AvgIpc) is 2.99. The van der Waals surface area contributed by atoms with Crippen LogP contribution < -0.4 is 18.9 Å². The predicted molar refractivity (Wildman–Crippen MR) is 161 cm³/mol. The van der Waals surface area contributed by atoms with Crippen LogP contribution >= 0.6 is 0 Å². The van der Waals surface area contributed by atoms with E-state index in [0.29, 0.717) is 78.5 Å². The molecule has 42 heavy (non-hydrogen) atoms. The van der Waals surface area contributed by atoms with Crippen LogP contribution in [-0.2, 0) is 35.2 Å². The van der Waals surface area contributed by atoms with Crippen LogP contribution in [-0.4, -0.2) is 52.9 Å². The molecule has 9 rings (SSSR count). The third kappa shape index (κ3) is 5.69. The van der Waals surface area contributed by atoms with E-state index in [1.54, 1.807) is 0 Å². The number of hydrogen-bond donors (Lipinski definition) is 0. The molecule has 0 spiro atoms. The van der Waals surface area contributed by atoms with E-state index in [1.807, 2.05) is 0 Å². The maximum Gasteiger partial charge on any atom is 0.126 e. The summed E-state index contributed by atoms with van der Waals surface area (Å²) in [4.78, 5) is 0. The molecule has 0 atom stereocenters. The number of fused-ring (bicyclic) bond motifs is 12. The molecule has 4 aromatic carbocycles. The van der Waals surface area contributed by atoms with Crippen LogP contribution in [0.15, 0.2) is 72.8 Å². The summed E-state index contributed by atoms with van der Waals surface area (Å²) in [7, 11) is 0. The third-order valence-corrected chi connectivity index (χ3v) is 8.13. The van der Waals surface area contributed by atoms with Crippen molar-refractivity contribution in [2.45, 2.75) is 25.7 Å². The van der Waals surface area contributed by atoms with Crippen molar-refractivity contribution in [2.75, 3.05) is 52.9 Å². The van der Waals surface area contributed by atoms with Gasteiger partial charge >= 0.3 is 0 Å². The average molecular weight is 565 g/mol. The van der Waals surface area contributed by atoms with Gasteiger partial charge < -0.3 is 28.4 Å². The van der Waals surface area contributed by atoms with E-state index in [1.165, 1.54) is 0 Å². The van der Waals surface area contributed by atoms with Crippen molar-refractivity contribution in [3.63, 3.8) is 0 Å². The Labute approximate surface area is 247 Å². The third-order valence-electron chi connectivity index (χ3n) is 8.13. The maximum atomic E-state index is 6.53. The molecular formula is C36H36O6. The van der Waals surface area contributed by atoms with Crippen molar-refractivity contribution in [1.82, 2.24) is 0 Å². The summed E-state index contributed by atoms with van der Waals surface area (Å²) in [5.74, 6) is 3.64. The van der Waals surface area contributed by atoms with Gasteiger partial charge in [0.1, 0.15) is 49.4 Å². The SMILES string of the molecule is c1cc2c3c(c1)Cc1cccc4c1OCCOCCOc1c(cccc1Cc1cccc(c1OCCOCCO3)C4)C2. The second-order valence-corrected chi connectivity index (χ2v) is 10.9. The smallest absolute Gasteiger partial charge is 0.126 e. The normalized spacial score (nSPS) is 17.0. The highest BCUT2D eigenvalue weighted by Gasteiger charge is 2.22. The van der Waals surface area contributed by atoms with Crippen molar-refractivity contribution in [2.24, 2.45) is 0 Å². The summed E-state index contributed by atoms with van der Waals surface area (Å²) in [6.07, 6.45) is 2.73. The zero-order chi connectivity index (χ0) is 28.1. The number of para-hydroxylation sites is 4. The van der Waals surface area contributed by atoms with Crippen LogP contribution in [0.5, 0.6) is 23.0 Å². The van der Waals surface area contributed by atoms with Crippen molar-refractivity contribution >= 4 is 0 Å². The lowest BCUT2D eigenvalue weighted by Gasteiger charge is -2.24. The topological polar surface area (TPSA) is 55.4 Å². The van der Waals surface area contributed by atoms with Gasteiger partial charge in [-0.15, -0.1) is 0 Å². The Morgan fingerprint density at radius 2 is 0.500 bits per heavy atom. The molecule has 12 bridgehead atoms. The highest BCUT2D eigenvalue weighted by Crippen LogP contribution is 2.39. The molecule has 0 aromatic heterocycles. The van der Waals surface area contributed by atoms with Crippen molar-refractivity contribution < 1.29 is 28.4 Å². The van der Waals surface area contributed by atoms with Crippen LogP contribution in [0.3, 0.4) is 0 Å². The number of rotatable bonds is 0. The first-order chi connectivity index (χ1) is 20.8. The van der Waals surface area contributed by atoms with Gasteiger partial charge in [0.25, 0.3) is 0 Å². The Morgan fingerprint density at radius 3 is 0.714 bits per heavy atom. The molecule has 0 saturated carbocycles. The fourth-order valence-corrected chi connectivity index (χ4v) is 6.24. The van der Waals surface area contributed by atoms with E-state index in [0.717, 1.165) is 67.5 Å². The fourth-order valence-electron chi connectivity index (χ4n) is 6.24. The molecule has 1 aliphatic carbocycles. The van der Waals surface area contributed by atoms with Gasteiger partial charge in [-0.2, -0.15) is 0 Å². The lowest BCUT2D eigenvalue weighted by atomic mass is 9.91. The number of ether oxygens (including phenoxy) is 6. The van der Waals surface area contributed by atoms with Crippen LogP contribution in [0.4, 0.5) is 0 Å². The van der Waals surface area contributed by atoms with Crippen molar-refractivity contribution in [1.29, 1.82) is 0 Å². The zero-order valence-corrected chi connectivity index (χ0v) is 23.9. The molecule has 4 aliphatic heterocycles. The molecule has 0 radical (unpaired) electrons. The molecule has 6 nitrogen and oxygen atoms in total.